The van der Waals surface area contributed by atoms with Crippen LogP contribution < -0.4 is 0 Å². The summed E-state index contributed by atoms with van der Waals surface area (Å²) in [6.07, 6.45) is 4.28. The molecule has 2 aliphatic rings. The standard InChI is InChI=1S/C10H12OS7/c1-12-7-8(13-2)18-10(17-7)9-15-5-6(16-9)14-4-3-11/h5,11H,3-4H2,1-2H3. The van der Waals surface area contributed by atoms with Gasteiger partial charge in [0.05, 0.1) is 27.8 Å². The Bertz CT molecular complexity index is 394. The van der Waals surface area contributed by atoms with Gasteiger partial charge in [0.25, 0.3) is 0 Å². The minimum absolute atomic E-state index is 0.247. The van der Waals surface area contributed by atoms with Crippen LogP contribution in [-0.4, -0.2) is 30.0 Å². The topological polar surface area (TPSA) is 20.2 Å². The van der Waals surface area contributed by atoms with E-state index in [9.17, 15) is 0 Å². The maximum absolute atomic E-state index is 8.84. The van der Waals surface area contributed by atoms with Gasteiger partial charge in [0.15, 0.2) is 0 Å². The lowest BCUT2D eigenvalue weighted by Crippen LogP contribution is -1.83. The Morgan fingerprint density at radius 3 is 2.28 bits per heavy atom. The van der Waals surface area contributed by atoms with Gasteiger partial charge in [-0.25, -0.2) is 0 Å². The molecule has 0 saturated heterocycles. The quantitative estimate of drug-likeness (QED) is 0.678. The van der Waals surface area contributed by atoms with Crippen molar-refractivity contribution in [1.29, 1.82) is 0 Å². The van der Waals surface area contributed by atoms with Crippen LogP contribution in [0.1, 0.15) is 0 Å². The largest absolute Gasteiger partial charge is 0.396 e. The predicted molar refractivity (Wildman–Crippen MR) is 99.1 cm³/mol. The Balaban J connectivity index is 1.97. The molecule has 0 aliphatic carbocycles. The molecule has 0 saturated carbocycles. The third-order valence-electron chi connectivity index (χ3n) is 1.87. The second-order valence-corrected chi connectivity index (χ2v) is 11.0. The Kier molecular flexibility index (Phi) is 7.26. The lowest BCUT2D eigenvalue weighted by Gasteiger charge is -2.02. The maximum atomic E-state index is 8.84. The van der Waals surface area contributed by atoms with Crippen LogP contribution in [0.15, 0.2) is 26.6 Å². The molecular formula is C10H12OS7. The van der Waals surface area contributed by atoms with E-state index in [1.165, 1.54) is 21.2 Å². The van der Waals surface area contributed by atoms with Crippen LogP contribution in [0.3, 0.4) is 0 Å². The minimum atomic E-state index is 0.247. The van der Waals surface area contributed by atoms with Crippen LogP contribution in [0.2, 0.25) is 0 Å². The zero-order chi connectivity index (χ0) is 13.0. The number of aliphatic hydroxyl groups excluding tert-OH is 1. The van der Waals surface area contributed by atoms with E-state index in [1.54, 1.807) is 11.8 Å². The van der Waals surface area contributed by atoms with Gasteiger partial charge in [-0.3, -0.25) is 0 Å². The van der Waals surface area contributed by atoms with Crippen LogP contribution in [-0.2, 0) is 0 Å². The number of hydrogen-bond acceptors (Lipinski definition) is 8. The maximum Gasteiger partial charge on any atom is 0.0717 e. The van der Waals surface area contributed by atoms with Gasteiger partial charge in [0.1, 0.15) is 0 Å². The molecule has 0 atom stereocenters. The summed E-state index contributed by atoms with van der Waals surface area (Å²) in [5, 5.41) is 11.0. The molecule has 1 nitrogen and oxygen atoms in total. The summed E-state index contributed by atoms with van der Waals surface area (Å²) in [5.74, 6) is 0.784. The molecule has 2 rings (SSSR count). The molecule has 0 fully saturated rings. The Labute approximate surface area is 138 Å². The molecule has 0 bridgehead atoms. The van der Waals surface area contributed by atoms with Gasteiger partial charge in [-0.05, 0) is 17.9 Å². The van der Waals surface area contributed by atoms with E-state index in [4.69, 9.17) is 5.11 Å². The van der Waals surface area contributed by atoms with E-state index in [0.717, 1.165) is 5.75 Å². The fourth-order valence-electron chi connectivity index (χ4n) is 1.15. The van der Waals surface area contributed by atoms with Gasteiger partial charge >= 0.3 is 0 Å². The number of rotatable bonds is 5. The molecule has 0 amide bonds. The lowest BCUT2D eigenvalue weighted by molar-refractivity contribution is 0.322. The van der Waals surface area contributed by atoms with Crippen molar-refractivity contribution in [3.8, 4) is 0 Å². The van der Waals surface area contributed by atoms with Crippen LogP contribution in [0.5, 0.6) is 0 Å². The van der Waals surface area contributed by atoms with Gasteiger partial charge in [-0.1, -0.05) is 47.0 Å². The molecule has 2 heterocycles. The third kappa shape index (κ3) is 4.07. The van der Waals surface area contributed by atoms with Crippen molar-refractivity contribution in [3.05, 3.63) is 26.6 Å². The van der Waals surface area contributed by atoms with Crippen molar-refractivity contribution in [2.45, 2.75) is 0 Å². The molecular weight excluding hydrogens is 361 g/mol. The highest BCUT2D eigenvalue weighted by atomic mass is 32.3. The second kappa shape index (κ2) is 8.17. The number of hydrogen-bond donors (Lipinski definition) is 1. The molecule has 0 aromatic carbocycles. The van der Waals surface area contributed by atoms with Gasteiger partial charge in [0.2, 0.25) is 0 Å². The third-order valence-corrected chi connectivity index (χ3v) is 11.3. The van der Waals surface area contributed by atoms with Crippen molar-refractivity contribution in [3.63, 3.8) is 0 Å². The lowest BCUT2D eigenvalue weighted by atomic mass is 10.9. The van der Waals surface area contributed by atoms with E-state index in [2.05, 4.69) is 17.9 Å². The van der Waals surface area contributed by atoms with Gasteiger partial charge in [0, 0.05) is 5.75 Å². The SMILES string of the molecule is CSC1=C(SC)SC(=C2SC=C(SCCO)S2)S1. The molecule has 18 heavy (non-hydrogen) atoms. The fourth-order valence-corrected chi connectivity index (χ4v) is 9.95. The fraction of sp³-hybridized carbons (Fsp3) is 0.400. The Hall–Kier alpha value is 1.63. The normalized spacial score (nSPS) is 20.1. The Morgan fingerprint density at radius 2 is 1.72 bits per heavy atom. The van der Waals surface area contributed by atoms with Crippen molar-refractivity contribution >= 4 is 82.3 Å². The van der Waals surface area contributed by atoms with Crippen LogP contribution in [0, 0.1) is 0 Å². The molecule has 0 aromatic heterocycles. The summed E-state index contributed by atoms with van der Waals surface area (Å²) in [6, 6.07) is 0. The average molecular weight is 373 g/mol. The first-order chi connectivity index (χ1) is 8.78. The summed E-state index contributed by atoms with van der Waals surface area (Å²) in [4.78, 5) is 0. The van der Waals surface area contributed by atoms with Gasteiger partial charge in [-0.2, -0.15) is 0 Å². The molecule has 0 aromatic rings. The molecule has 0 spiro atoms. The molecule has 100 valence electrons. The van der Waals surface area contributed by atoms with E-state index in [1.807, 2.05) is 70.6 Å². The zero-order valence-electron chi connectivity index (χ0n) is 9.80. The molecule has 0 unspecified atom stereocenters. The summed E-state index contributed by atoms with van der Waals surface area (Å²) in [7, 11) is 0. The van der Waals surface area contributed by atoms with E-state index in [-0.39, 0.29) is 6.61 Å². The van der Waals surface area contributed by atoms with Crippen molar-refractivity contribution < 1.29 is 5.11 Å². The summed E-state index contributed by atoms with van der Waals surface area (Å²) < 4.78 is 6.96. The van der Waals surface area contributed by atoms with Gasteiger partial charge in [-0.15, -0.1) is 35.3 Å². The van der Waals surface area contributed by atoms with E-state index >= 15 is 0 Å². The Morgan fingerprint density at radius 1 is 1.06 bits per heavy atom. The average Bonchev–Trinajstić information content (AvgIpc) is 3.01. The van der Waals surface area contributed by atoms with Crippen molar-refractivity contribution in [1.82, 2.24) is 0 Å². The highest BCUT2D eigenvalue weighted by molar-refractivity contribution is 8.43. The smallest absolute Gasteiger partial charge is 0.0717 e. The molecule has 2 aliphatic heterocycles. The first-order valence-electron chi connectivity index (χ1n) is 4.99. The summed E-state index contributed by atoms with van der Waals surface area (Å²) in [5.41, 5.74) is 0. The van der Waals surface area contributed by atoms with E-state index < -0.39 is 0 Å². The highest BCUT2D eigenvalue weighted by Crippen LogP contribution is 2.62. The van der Waals surface area contributed by atoms with E-state index in [0.29, 0.717) is 0 Å². The zero-order valence-corrected chi connectivity index (χ0v) is 15.5. The first-order valence-corrected chi connectivity index (χ1v) is 11.8. The monoisotopic (exact) mass is 372 g/mol. The van der Waals surface area contributed by atoms with Crippen molar-refractivity contribution in [2.75, 3.05) is 24.9 Å². The highest BCUT2D eigenvalue weighted by Gasteiger charge is 2.26. The van der Waals surface area contributed by atoms with Gasteiger partial charge < -0.3 is 5.11 Å². The minimum Gasteiger partial charge on any atom is -0.396 e. The molecule has 0 radical (unpaired) electrons. The van der Waals surface area contributed by atoms with Crippen molar-refractivity contribution in [2.24, 2.45) is 0 Å². The number of aliphatic hydroxyl groups is 1. The summed E-state index contributed by atoms with van der Waals surface area (Å²) >= 11 is 12.9. The molecule has 8 heteroatoms. The van der Waals surface area contributed by atoms with Crippen LogP contribution >= 0.6 is 82.3 Å². The summed E-state index contributed by atoms with van der Waals surface area (Å²) in [6.45, 7) is 0.247. The second-order valence-electron chi connectivity index (χ2n) is 2.99. The molecule has 1 N–H and O–H groups in total. The van der Waals surface area contributed by atoms with Crippen LogP contribution in [0.25, 0.3) is 0 Å². The van der Waals surface area contributed by atoms with Crippen LogP contribution in [0.4, 0.5) is 0 Å². The number of thioether (sulfide) groups is 7. The first kappa shape index (κ1) is 16.0. The predicted octanol–water partition coefficient (Wildman–Crippen LogP) is 5.45.